The van der Waals surface area contributed by atoms with Crippen molar-refractivity contribution in [1.29, 1.82) is 0 Å². The second-order valence-corrected chi connectivity index (χ2v) is 5.25. The molecule has 0 atom stereocenters. The third-order valence-electron chi connectivity index (χ3n) is 3.80. The molecule has 0 saturated heterocycles. The Morgan fingerprint density at radius 1 is 1.08 bits per heavy atom. The normalized spacial score (nSPS) is 10.9. The summed E-state index contributed by atoms with van der Waals surface area (Å²) in [6.07, 6.45) is 3.37. The largest absolute Gasteiger partial charge is 3.00 e. The van der Waals surface area contributed by atoms with Crippen LogP contribution in [0, 0.1) is 13.1 Å². The van der Waals surface area contributed by atoms with Gasteiger partial charge in [-0.15, -0.1) is 24.6 Å². The summed E-state index contributed by atoms with van der Waals surface area (Å²) in [6, 6.07) is 12.4. The fourth-order valence-corrected chi connectivity index (χ4v) is 2.38. The van der Waals surface area contributed by atoms with E-state index < -0.39 is 0 Å². The predicted octanol–water partition coefficient (Wildman–Crippen LogP) is 6.79. The van der Waals surface area contributed by atoms with Gasteiger partial charge in [0.25, 0.3) is 0 Å². The van der Waals surface area contributed by atoms with E-state index in [0.717, 1.165) is 28.2 Å². The molecule has 0 radical (unpaired) electrons. The smallest absolute Gasteiger partial charge is 0.658 e. The van der Waals surface area contributed by atoms with Gasteiger partial charge in [-0.1, -0.05) is 50.2 Å². The van der Waals surface area contributed by atoms with Gasteiger partial charge in [0.1, 0.15) is 0 Å². The first-order valence-corrected chi connectivity index (χ1v) is 8.35. The van der Waals surface area contributed by atoms with Crippen molar-refractivity contribution in [3.05, 3.63) is 98.0 Å². The van der Waals surface area contributed by atoms with Gasteiger partial charge in [-0.25, -0.2) is 6.42 Å². The number of allylic oxidation sites excluding steroid dienone is 1. The Balaban J connectivity index is 0.000000494. The summed E-state index contributed by atoms with van der Waals surface area (Å²) in [5.74, 6) is 0. The molecule has 0 unspecified atom stereocenters. The summed E-state index contributed by atoms with van der Waals surface area (Å²) in [6.45, 7) is 22.7. The summed E-state index contributed by atoms with van der Waals surface area (Å²) < 4.78 is 0. The van der Waals surface area contributed by atoms with E-state index in [1.807, 2.05) is 33.0 Å². The second kappa shape index (κ2) is 11.9. The number of hydrogen-bond acceptors (Lipinski definition) is 1. The maximum absolute atomic E-state index is 4.36. The average Bonchev–Trinajstić information content (AvgIpc) is 2.66. The molecule has 3 rings (SSSR count). The molecule has 1 heterocycles. The van der Waals surface area contributed by atoms with Crippen molar-refractivity contribution in [1.82, 2.24) is 4.90 Å². The Labute approximate surface area is 184 Å². The first-order chi connectivity index (χ1) is 12.0. The predicted molar refractivity (Wildman–Crippen MR) is 112 cm³/mol. The Hall–Kier alpha value is -1.64. The van der Waals surface area contributed by atoms with Crippen LogP contribution >= 0.6 is 0 Å². The SMILES string of the molecule is C=C1[N-]C(=C)c2cccc3cccc1c23.C=[C-]N(C)C(=C)C[CH2-].CC.[Y+3]. The van der Waals surface area contributed by atoms with Crippen LogP contribution in [-0.2, 0) is 32.7 Å². The quantitative estimate of drug-likeness (QED) is 0.395. The van der Waals surface area contributed by atoms with Gasteiger partial charge in [-0.2, -0.15) is 25.1 Å². The van der Waals surface area contributed by atoms with Gasteiger partial charge in [0.15, 0.2) is 0 Å². The Bertz CT molecular complexity index is 741. The maximum atomic E-state index is 4.36. The van der Waals surface area contributed by atoms with Crippen LogP contribution in [0.3, 0.4) is 0 Å². The topological polar surface area (TPSA) is 17.3 Å². The van der Waals surface area contributed by atoms with Crippen molar-refractivity contribution >= 4 is 22.2 Å². The molecular formula is C23H27N2Y. The zero-order valence-electron chi connectivity index (χ0n) is 16.2. The third-order valence-corrected chi connectivity index (χ3v) is 3.80. The van der Waals surface area contributed by atoms with Gasteiger partial charge in [0.05, 0.1) is 0 Å². The van der Waals surface area contributed by atoms with Crippen LogP contribution in [0.15, 0.2) is 68.4 Å². The van der Waals surface area contributed by atoms with Crippen LogP contribution in [0.5, 0.6) is 0 Å². The van der Waals surface area contributed by atoms with Crippen molar-refractivity contribution in [2.75, 3.05) is 7.05 Å². The maximum Gasteiger partial charge on any atom is 3.00 e. The Kier molecular flexibility index (Phi) is 11.1. The van der Waals surface area contributed by atoms with Crippen LogP contribution in [0.4, 0.5) is 0 Å². The standard InChI is InChI=1S/C14H10N.C7H11N.C2H6.Y/c1-9-12-7-3-5-11-6-4-8-13(14(11)12)10(2)15-9;1-5-7(3)8(4)6-2;1-2;/h3-8H,1-2H2;1-3,5H2,4H3;1-2H3;/q-1;-2;;+3. The fourth-order valence-electron chi connectivity index (χ4n) is 2.38. The average molecular weight is 420 g/mol. The number of hydrogen-bond donors (Lipinski definition) is 0. The summed E-state index contributed by atoms with van der Waals surface area (Å²) in [5, 5.41) is 6.81. The minimum atomic E-state index is 0. The van der Waals surface area contributed by atoms with Gasteiger partial charge in [-0.05, 0) is 28.9 Å². The first-order valence-electron chi connectivity index (χ1n) is 8.35. The Morgan fingerprint density at radius 2 is 1.54 bits per heavy atom. The Morgan fingerprint density at radius 3 is 1.88 bits per heavy atom. The molecule has 1 aliphatic heterocycles. The van der Waals surface area contributed by atoms with Crippen molar-refractivity contribution in [2.24, 2.45) is 0 Å². The molecule has 0 aliphatic carbocycles. The number of benzene rings is 2. The molecule has 26 heavy (non-hydrogen) atoms. The molecule has 0 saturated carbocycles. The van der Waals surface area contributed by atoms with E-state index in [4.69, 9.17) is 0 Å². The van der Waals surface area contributed by atoms with Gasteiger partial charge in [-0.3, -0.25) is 0 Å². The molecule has 0 fully saturated rings. The zero-order chi connectivity index (χ0) is 19.0. The molecule has 0 bridgehead atoms. The fraction of sp³-hybridized carbons (Fsp3) is 0.174. The summed E-state index contributed by atoms with van der Waals surface area (Å²) in [7, 11) is 1.85. The van der Waals surface area contributed by atoms with Crippen molar-refractivity contribution < 1.29 is 32.7 Å². The molecule has 2 aromatic rings. The number of rotatable bonds is 3. The van der Waals surface area contributed by atoms with Crippen molar-refractivity contribution in [2.45, 2.75) is 20.3 Å². The van der Waals surface area contributed by atoms with Crippen LogP contribution in [0.25, 0.3) is 27.5 Å². The third kappa shape index (κ3) is 5.69. The molecule has 3 heteroatoms. The van der Waals surface area contributed by atoms with Crippen LogP contribution in [-0.4, -0.2) is 11.9 Å². The summed E-state index contributed by atoms with van der Waals surface area (Å²) >= 11 is 0. The van der Waals surface area contributed by atoms with Crippen LogP contribution in [0.2, 0.25) is 0 Å². The summed E-state index contributed by atoms with van der Waals surface area (Å²) in [4.78, 5) is 1.73. The van der Waals surface area contributed by atoms with Crippen LogP contribution < -0.4 is 0 Å². The molecular weight excluding hydrogens is 393 g/mol. The van der Waals surface area contributed by atoms with E-state index in [-0.39, 0.29) is 32.7 Å². The molecule has 0 spiro atoms. The molecule has 0 amide bonds. The van der Waals surface area contributed by atoms with Crippen molar-refractivity contribution in [3.8, 4) is 0 Å². The van der Waals surface area contributed by atoms with E-state index in [9.17, 15) is 0 Å². The van der Waals surface area contributed by atoms with E-state index in [2.05, 4.69) is 69.0 Å². The zero-order valence-corrected chi connectivity index (χ0v) is 19.0. The molecule has 132 valence electrons. The molecule has 0 N–H and O–H groups in total. The summed E-state index contributed by atoms with van der Waals surface area (Å²) in [5.41, 5.74) is 4.79. The minimum Gasteiger partial charge on any atom is -0.658 e. The van der Waals surface area contributed by atoms with Gasteiger partial charge in [0, 0.05) is 0 Å². The molecule has 2 nitrogen and oxygen atoms in total. The minimum absolute atomic E-state index is 0. The van der Waals surface area contributed by atoms with Gasteiger partial charge in [0.2, 0.25) is 0 Å². The van der Waals surface area contributed by atoms with E-state index in [1.54, 1.807) is 4.90 Å². The van der Waals surface area contributed by atoms with Gasteiger partial charge < -0.3 is 17.1 Å². The van der Waals surface area contributed by atoms with E-state index >= 15 is 0 Å². The molecule has 0 aromatic heterocycles. The first kappa shape index (κ1) is 24.4. The molecule has 1 aliphatic rings. The van der Waals surface area contributed by atoms with Crippen LogP contribution in [0.1, 0.15) is 31.4 Å². The van der Waals surface area contributed by atoms with E-state index in [0.29, 0.717) is 6.42 Å². The van der Waals surface area contributed by atoms with E-state index in [1.165, 1.54) is 10.8 Å². The van der Waals surface area contributed by atoms with Gasteiger partial charge >= 0.3 is 32.7 Å². The monoisotopic (exact) mass is 420 g/mol. The second-order valence-electron chi connectivity index (χ2n) is 5.25. The molecule has 2 aromatic carbocycles. The number of nitrogens with zero attached hydrogens (tertiary/aromatic N) is 2. The van der Waals surface area contributed by atoms with Crippen molar-refractivity contribution in [3.63, 3.8) is 0 Å².